The normalized spacial score (nSPS) is 13.3. The van der Waals surface area contributed by atoms with Crippen molar-refractivity contribution in [3.63, 3.8) is 0 Å². The first-order chi connectivity index (χ1) is 4.83. The van der Waals surface area contributed by atoms with Crippen LogP contribution in [0.3, 0.4) is 0 Å². The quantitative estimate of drug-likeness (QED) is 0.595. The number of carboxylic acids is 1. The fourth-order valence-corrected chi connectivity index (χ4v) is 0.518. The van der Waals surface area contributed by atoms with Crippen molar-refractivity contribution in [1.29, 1.82) is 0 Å². The van der Waals surface area contributed by atoms with Crippen molar-refractivity contribution < 1.29 is 18.7 Å². The van der Waals surface area contributed by atoms with E-state index < -0.39 is 17.2 Å². The van der Waals surface area contributed by atoms with Gasteiger partial charge in [0, 0.05) is 12.0 Å². The maximum Gasteiger partial charge on any atom is 0.330 e. The van der Waals surface area contributed by atoms with Crippen molar-refractivity contribution in [3.05, 3.63) is 11.6 Å². The van der Waals surface area contributed by atoms with Crippen molar-refractivity contribution in [2.75, 3.05) is 0 Å². The van der Waals surface area contributed by atoms with Crippen LogP contribution in [0.25, 0.3) is 0 Å². The molecule has 0 heterocycles. The Bertz CT molecular complexity index is 184. The lowest BCUT2D eigenvalue weighted by Crippen LogP contribution is -2.04. The molecule has 0 aromatic heterocycles. The fraction of sp³-hybridized carbons (Fsp3) is 0.500. The summed E-state index contributed by atoms with van der Waals surface area (Å²) in [4.78, 5) is 7.08. The Morgan fingerprint density at radius 3 is 2.45 bits per heavy atom. The number of carbonyl (C=O) groups is 1. The minimum atomic E-state index is -3.01. The Morgan fingerprint density at radius 2 is 2.18 bits per heavy atom. The summed E-state index contributed by atoms with van der Waals surface area (Å²) in [5.74, 6) is -1.18. The summed E-state index contributed by atoms with van der Waals surface area (Å²) in [5.41, 5.74) is -0.0795. The van der Waals surface area contributed by atoms with Gasteiger partial charge in [-0.3, -0.25) is 0 Å². The minimum absolute atomic E-state index is 0.0795. The Hall–Kier alpha value is -0.450. The van der Waals surface area contributed by atoms with Gasteiger partial charge in [0.1, 0.15) is 0 Å². The highest BCUT2D eigenvalue weighted by Crippen LogP contribution is 2.26. The average molecular weight is 229 g/mol. The molecule has 0 amide bonds. The third-order valence-electron chi connectivity index (χ3n) is 0.977. The van der Waals surface area contributed by atoms with Gasteiger partial charge < -0.3 is 5.11 Å². The van der Waals surface area contributed by atoms with E-state index in [-0.39, 0.29) is 5.57 Å². The van der Waals surface area contributed by atoms with Gasteiger partial charge in [-0.2, -0.15) is 8.78 Å². The van der Waals surface area contributed by atoms with E-state index in [2.05, 4.69) is 15.9 Å². The van der Waals surface area contributed by atoms with Crippen LogP contribution < -0.4 is 0 Å². The zero-order valence-electron chi connectivity index (χ0n) is 5.77. The molecule has 0 aromatic rings. The molecule has 0 aliphatic carbocycles. The minimum Gasteiger partial charge on any atom is -0.478 e. The van der Waals surface area contributed by atoms with Crippen LogP contribution in [0, 0.1) is 0 Å². The molecule has 0 rings (SSSR count). The first kappa shape index (κ1) is 10.6. The van der Waals surface area contributed by atoms with E-state index in [9.17, 15) is 13.6 Å². The Balaban J connectivity index is 4.04. The molecule has 0 aromatic carbocycles. The molecular formula is C6H7BrF2O2. The number of rotatable bonds is 3. The molecule has 5 heteroatoms. The summed E-state index contributed by atoms with van der Waals surface area (Å²) in [6.07, 6.45) is 0.363. The molecule has 0 aliphatic heterocycles. The van der Waals surface area contributed by atoms with Crippen molar-refractivity contribution in [1.82, 2.24) is 0 Å². The van der Waals surface area contributed by atoms with E-state index >= 15 is 0 Å². The molecule has 0 radical (unpaired) electrons. The highest BCUT2D eigenvalue weighted by atomic mass is 79.9. The Kier molecular flexibility index (Phi) is 3.65. The summed E-state index contributed by atoms with van der Waals surface area (Å²) >= 11 is 2.09. The summed E-state index contributed by atoms with van der Waals surface area (Å²) in [6, 6.07) is 0. The standard InChI is InChI=1S/C6H7BrF2O2/c1-4(5(10)11)2-3-6(7,8)9/h2H,3H2,1H3,(H,10,11). The number of alkyl halides is 3. The predicted octanol–water partition coefficient (Wildman–Crippen LogP) is 2.40. The summed E-state index contributed by atoms with van der Waals surface area (Å²) < 4.78 is 24.1. The lowest BCUT2D eigenvalue weighted by Gasteiger charge is -2.03. The molecule has 1 N–H and O–H groups in total. The van der Waals surface area contributed by atoms with Gasteiger partial charge >= 0.3 is 10.8 Å². The molecule has 0 spiro atoms. The molecule has 0 fully saturated rings. The van der Waals surface area contributed by atoms with E-state index in [1.807, 2.05) is 0 Å². The van der Waals surface area contributed by atoms with Gasteiger partial charge in [-0.15, -0.1) is 0 Å². The van der Waals surface area contributed by atoms with Crippen LogP contribution in [0.15, 0.2) is 11.6 Å². The number of carboxylic acid groups (broad SMARTS) is 1. The lowest BCUT2D eigenvalue weighted by molar-refractivity contribution is -0.132. The first-order valence-corrected chi connectivity index (χ1v) is 3.59. The molecule has 0 saturated carbocycles. The van der Waals surface area contributed by atoms with E-state index in [1.165, 1.54) is 6.92 Å². The maximum atomic E-state index is 12.0. The summed E-state index contributed by atoms with van der Waals surface area (Å²) in [6.45, 7) is 1.26. The summed E-state index contributed by atoms with van der Waals surface area (Å²) in [7, 11) is 0. The molecule has 11 heavy (non-hydrogen) atoms. The maximum absolute atomic E-state index is 12.0. The Morgan fingerprint density at radius 1 is 1.73 bits per heavy atom. The molecule has 0 aliphatic rings. The van der Waals surface area contributed by atoms with Crippen LogP contribution in [0.4, 0.5) is 8.78 Å². The van der Waals surface area contributed by atoms with E-state index in [0.29, 0.717) is 0 Å². The predicted molar refractivity (Wildman–Crippen MR) is 39.9 cm³/mol. The number of aliphatic carboxylic acids is 1. The number of halogens is 3. The van der Waals surface area contributed by atoms with Gasteiger partial charge in [-0.1, -0.05) is 6.08 Å². The highest BCUT2D eigenvalue weighted by molar-refractivity contribution is 9.10. The van der Waals surface area contributed by atoms with Gasteiger partial charge in [-0.25, -0.2) is 4.79 Å². The van der Waals surface area contributed by atoms with Crippen LogP contribution in [0.1, 0.15) is 13.3 Å². The number of allylic oxidation sites excluding steroid dienone is 1. The van der Waals surface area contributed by atoms with E-state index in [1.54, 1.807) is 0 Å². The van der Waals surface area contributed by atoms with Crippen LogP contribution in [-0.2, 0) is 4.79 Å². The van der Waals surface area contributed by atoms with Gasteiger partial charge in [0.15, 0.2) is 0 Å². The third-order valence-corrected chi connectivity index (χ3v) is 1.30. The molecular weight excluding hydrogens is 222 g/mol. The molecule has 0 bridgehead atoms. The molecule has 0 saturated heterocycles. The second kappa shape index (κ2) is 3.80. The largest absolute Gasteiger partial charge is 0.478 e. The average Bonchev–Trinajstić information content (AvgIpc) is 1.80. The van der Waals surface area contributed by atoms with Gasteiger partial charge in [0.05, 0.1) is 0 Å². The van der Waals surface area contributed by atoms with Crippen molar-refractivity contribution in [3.8, 4) is 0 Å². The van der Waals surface area contributed by atoms with Gasteiger partial charge in [-0.05, 0) is 22.9 Å². The molecule has 0 unspecified atom stereocenters. The topological polar surface area (TPSA) is 37.3 Å². The lowest BCUT2D eigenvalue weighted by atomic mass is 10.2. The number of hydrogen-bond acceptors (Lipinski definition) is 1. The van der Waals surface area contributed by atoms with Crippen LogP contribution in [0.5, 0.6) is 0 Å². The second-order valence-electron chi connectivity index (χ2n) is 2.01. The zero-order valence-corrected chi connectivity index (χ0v) is 7.36. The zero-order chi connectivity index (χ0) is 9.07. The van der Waals surface area contributed by atoms with Crippen molar-refractivity contribution in [2.24, 2.45) is 0 Å². The molecule has 0 atom stereocenters. The van der Waals surface area contributed by atoms with E-state index in [0.717, 1.165) is 6.08 Å². The monoisotopic (exact) mass is 228 g/mol. The van der Waals surface area contributed by atoms with Gasteiger partial charge in [0.25, 0.3) is 0 Å². The van der Waals surface area contributed by atoms with Gasteiger partial charge in [0.2, 0.25) is 0 Å². The molecule has 64 valence electrons. The third kappa shape index (κ3) is 5.97. The van der Waals surface area contributed by atoms with Crippen LogP contribution in [-0.4, -0.2) is 15.9 Å². The van der Waals surface area contributed by atoms with Crippen molar-refractivity contribution in [2.45, 2.75) is 18.2 Å². The smallest absolute Gasteiger partial charge is 0.330 e. The number of hydrogen-bond donors (Lipinski definition) is 1. The first-order valence-electron chi connectivity index (χ1n) is 2.80. The van der Waals surface area contributed by atoms with Crippen LogP contribution in [0.2, 0.25) is 0 Å². The SMILES string of the molecule is CC(=CCC(F)(F)Br)C(=O)O. The molecule has 2 nitrogen and oxygen atoms in total. The second-order valence-corrected chi connectivity index (χ2v) is 3.17. The summed E-state index contributed by atoms with van der Waals surface area (Å²) in [5, 5.41) is 8.25. The fourth-order valence-electron chi connectivity index (χ4n) is 0.356. The van der Waals surface area contributed by atoms with E-state index in [4.69, 9.17) is 5.11 Å². The highest BCUT2D eigenvalue weighted by Gasteiger charge is 2.21. The van der Waals surface area contributed by atoms with Crippen LogP contribution >= 0.6 is 15.9 Å². The van der Waals surface area contributed by atoms with Crippen molar-refractivity contribution >= 4 is 21.9 Å². The Labute approximate surface area is 71.0 Å².